The number of hydrogen-bond donors (Lipinski definition) is 0. The van der Waals surface area contributed by atoms with Gasteiger partial charge in [0, 0.05) is 0 Å². The Labute approximate surface area is 87.9 Å². The van der Waals surface area contributed by atoms with Crippen LogP contribution < -0.4 is 0 Å². The van der Waals surface area contributed by atoms with Crippen LogP contribution in [-0.2, 0) is 0 Å². The molecule has 0 spiro atoms. The van der Waals surface area contributed by atoms with E-state index in [9.17, 15) is 0 Å². The minimum absolute atomic E-state index is 1.30. The molecule has 1 radical (unpaired) electrons. The van der Waals surface area contributed by atoms with Crippen LogP contribution in [0.15, 0.2) is 0 Å². The summed E-state index contributed by atoms with van der Waals surface area (Å²) in [5.74, 6) is 7.41. The molecule has 0 aromatic heterocycles. The van der Waals surface area contributed by atoms with E-state index in [0.29, 0.717) is 0 Å². The van der Waals surface area contributed by atoms with E-state index in [1.807, 2.05) is 0 Å². The van der Waals surface area contributed by atoms with Gasteiger partial charge in [-0.15, -0.1) is 0 Å². The minimum atomic E-state index is -1.30. The first-order valence-corrected chi connectivity index (χ1v) is 13.4. The molecule has 79 valence electrons. The Morgan fingerprint density at radius 3 is 1.92 bits per heavy atom. The van der Waals surface area contributed by atoms with E-state index in [2.05, 4.69) is 29.4 Å². The summed E-state index contributed by atoms with van der Waals surface area (Å²) >= 11 is -1.30. The van der Waals surface area contributed by atoms with E-state index in [-0.39, 0.29) is 0 Å². The van der Waals surface area contributed by atoms with Crippen molar-refractivity contribution >= 4 is 13.3 Å². The van der Waals surface area contributed by atoms with Crippen molar-refractivity contribution in [3.05, 3.63) is 5.25 Å². The molecule has 0 saturated heterocycles. The Kier molecular flexibility index (Phi) is 8.23. The standard InChI is InChI=1S/C12H27Ge/c1-5-6-7-8-9-10-11-12-13(2,3)4/h12H,5-11H2,1-4H3. The van der Waals surface area contributed by atoms with E-state index in [0.717, 1.165) is 0 Å². The normalized spacial score (nSPS) is 12.0. The SMILES string of the molecule is CCCCCCCC[CH][Ge]([CH3])([CH3])[CH3]. The molecule has 0 atom stereocenters. The summed E-state index contributed by atoms with van der Waals surface area (Å²) < 4.78 is 0. The second-order valence-electron chi connectivity index (χ2n) is 5.13. The van der Waals surface area contributed by atoms with Crippen LogP contribution in [0.4, 0.5) is 0 Å². The summed E-state index contributed by atoms with van der Waals surface area (Å²) in [6.07, 6.45) is 9.98. The first kappa shape index (κ1) is 13.5. The second-order valence-corrected chi connectivity index (χ2v) is 15.9. The van der Waals surface area contributed by atoms with Crippen molar-refractivity contribution in [2.45, 2.75) is 69.1 Å². The van der Waals surface area contributed by atoms with Gasteiger partial charge in [-0.2, -0.15) is 0 Å². The van der Waals surface area contributed by atoms with Gasteiger partial charge in [-0.25, -0.2) is 0 Å². The molecule has 0 fully saturated rings. The van der Waals surface area contributed by atoms with Crippen molar-refractivity contribution in [1.29, 1.82) is 0 Å². The van der Waals surface area contributed by atoms with Crippen molar-refractivity contribution in [3.63, 3.8) is 0 Å². The molecule has 0 aliphatic carbocycles. The van der Waals surface area contributed by atoms with Crippen molar-refractivity contribution < 1.29 is 0 Å². The van der Waals surface area contributed by atoms with Gasteiger partial charge in [0.15, 0.2) is 0 Å². The third kappa shape index (κ3) is 12.5. The van der Waals surface area contributed by atoms with Crippen molar-refractivity contribution in [3.8, 4) is 0 Å². The summed E-state index contributed by atoms with van der Waals surface area (Å²) in [7, 11) is 0. The molecule has 0 saturated carbocycles. The third-order valence-electron chi connectivity index (χ3n) is 2.31. The van der Waals surface area contributed by atoms with Crippen LogP contribution in [-0.4, -0.2) is 13.3 Å². The fourth-order valence-corrected chi connectivity index (χ4v) is 3.70. The maximum atomic E-state index is 2.64. The second kappa shape index (κ2) is 7.90. The quantitative estimate of drug-likeness (QED) is 0.424. The maximum absolute atomic E-state index is 2.64. The molecular formula is C12H27Ge. The van der Waals surface area contributed by atoms with E-state index in [1.165, 1.54) is 44.9 Å². The molecule has 0 N–H and O–H groups in total. The Balaban J connectivity index is 3.00. The van der Waals surface area contributed by atoms with Gasteiger partial charge in [0.05, 0.1) is 0 Å². The van der Waals surface area contributed by atoms with Crippen molar-refractivity contribution in [1.82, 2.24) is 0 Å². The molecule has 0 unspecified atom stereocenters. The van der Waals surface area contributed by atoms with E-state index in [4.69, 9.17) is 0 Å². The van der Waals surface area contributed by atoms with Gasteiger partial charge in [0.2, 0.25) is 0 Å². The molecule has 13 heavy (non-hydrogen) atoms. The predicted octanol–water partition coefficient (Wildman–Crippen LogP) is 4.82. The van der Waals surface area contributed by atoms with Gasteiger partial charge in [-0.05, 0) is 0 Å². The molecule has 1 heteroatoms. The fraction of sp³-hybridized carbons (Fsp3) is 0.917. The van der Waals surface area contributed by atoms with Gasteiger partial charge in [-0.3, -0.25) is 0 Å². The van der Waals surface area contributed by atoms with E-state index < -0.39 is 13.3 Å². The zero-order chi connectivity index (χ0) is 10.2. The van der Waals surface area contributed by atoms with Crippen LogP contribution in [0.3, 0.4) is 0 Å². The molecular weight excluding hydrogens is 217 g/mol. The number of rotatable bonds is 8. The molecule has 0 aromatic rings. The van der Waals surface area contributed by atoms with Crippen LogP contribution in [0.5, 0.6) is 0 Å². The molecule has 0 heterocycles. The first-order valence-electron chi connectivity index (χ1n) is 5.90. The Morgan fingerprint density at radius 1 is 0.846 bits per heavy atom. The van der Waals surface area contributed by atoms with Crippen LogP contribution in [0.1, 0.15) is 51.9 Å². The van der Waals surface area contributed by atoms with Crippen LogP contribution in [0.25, 0.3) is 0 Å². The monoisotopic (exact) mass is 245 g/mol. The molecule has 0 aromatic carbocycles. The summed E-state index contributed by atoms with van der Waals surface area (Å²) in [5, 5.41) is 2.64. The van der Waals surface area contributed by atoms with Gasteiger partial charge in [0.1, 0.15) is 0 Å². The Morgan fingerprint density at radius 2 is 1.38 bits per heavy atom. The molecule has 0 aliphatic rings. The fourth-order valence-electron chi connectivity index (χ4n) is 1.46. The topological polar surface area (TPSA) is 0 Å². The summed E-state index contributed by atoms with van der Waals surface area (Å²) in [6, 6.07) is 0. The molecule has 0 amide bonds. The van der Waals surface area contributed by atoms with Crippen LogP contribution >= 0.6 is 0 Å². The van der Waals surface area contributed by atoms with Crippen molar-refractivity contribution in [2.24, 2.45) is 0 Å². The van der Waals surface area contributed by atoms with Gasteiger partial charge in [-0.1, -0.05) is 0 Å². The van der Waals surface area contributed by atoms with E-state index >= 15 is 0 Å². The zero-order valence-corrected chi connectivity index (χ0v) is 12.1. The average molecular weight is 244 g/mol. The summed E-state index contributed by atoms with van der Waals surface area (Å²) in [4.78, 5) is 0. The summed E-state index contributed by atoms with van der Waals surface area (Å²) in [5.41, 5.74) is 0. The van der Waals surface area contributed by atoms with Gasteiger partial charge >= 0.3 is 87.7 Å². The molecule has 0 nitrogen and oxygen atoms in total. The summed E-state index contributed by atoms with van der Waals surface area (Å²) in [6.45, 7) is 2.28. The average Bonchev–Trinajstić information content (AvgIpc) is 2.01. The number of unbranched alkanes of at least 4 members (excludes halogenated alkanes) is 6. The van der Waals surface area contributed by atoms with Gasteiger partial charge in [0.25, 0.3) is 0 Å². The molecule has 0 aliphatic heterocycles. The third-order valence-corrected chi connectivity index (χ3v) is 5.49. The van der Waals surface area contributed by atoms with E-state index in [1.54, 1.807) is 0 Å². The van der Waals surface area contributed by atoms with Crippen LogP contribution in [0, 0.1) is 5.25 Å². The predicted molar refractivity (Wildman–Crippen MR) is 65.6 cm³/mol. The van der Waals surface area contributed by atoms with Crippen LogP contribution in [0.2, 0.25) is 17.3 Å². The number of hydrogen-bond acceptors (Lipinski definition) is 0. The molecule has 0 rings (SSSR count). The molecule has 0 bridgehead atoms. The zero-order valence-electron chi connectivity index (χ0n) is 10.0. The Hall–Kier alpha value is 0.543. The van der Waals surface area contributed by atoms with Crippen molar-refractivity contribution in [2.75, 3.05) is 0 Å². The van der Waals surface area contributed by atoms with Gasteiger partial charge < -0.3 is 0 Å². The first-order chi connectivity index (χ1) is 6.06. The Bertz CT molecular complexity index is 102.